The van der Waals surface area contributed by atoms with Crippen LogP contribution in [0.1, 0.15) is 37.2 Å². The first kappa shape index (κ1) is 13.3. The molecule has 1 aliphatic heterocycles. The normalized spacial score (nSPS) is 18.3. The van der Waals surface area contributed by atoms with Crippen LogP contribution >= 0.6 is 11.3 Å². The maximum absolute atomic E-state index is 11.7. The number of hydrogen-bond donors (Lipinski definition) is 1. The van der Waals surface area contributed by atoms with Gasteiger partial charge in [0.05, 0.1) is 12.1 Å². The minimum absolute atomic E-state index is 0.0357. The summed E-state index contributed by atoms with van der Waals surface area (Å²) in [5.74, 6) is -0.364. The second-order valence-electron chi connectivity index (χ2n) is 4.55. The summed E-state index contributed by atoms with van der Waals surface area (Å²) in [7, 11) is 0. The Kier molecular flexibility index (Phi) is 4.19. The van der Waals surface area contributed by atoms with Crippen LogP contribution in [0.3, 0.4) is 0 Å². The van der Waals surface area contributed by atoms with E-state index >= 15 is 0 Å². The number of ether oxygens (including phenoxy) is 2. The van der Waals surface area contributed by atoms with E-state index in [-0.39, 0.29) is 11.5 Å². The Labute approximate surface area is 111 Å². The van der Waals surface area contributed by atoms with Gasteiger partial charge in [0.2, 0.25) is 0 Å². The first-order chi connectivity index (χ1) is 8.64. The van der Waals surface area contributed by atoms with Crippen LogP contribution in [0, 0.1) is 0 Å². The molecule has 100 valence electrons. The monoisotopic (exact) mass is 270 g/mol. The van der Waals surface area contributed by atoms with Gasteiger partial charge in [-0.05, 0) is 26.7 Å². The van der Waals surface area contributed by atoms with Gasteiger partial charge in [0.25, 0.3) is 0 Å². The number of carbonyl (C=O) groups is 1. The van der Waals surface area contributed by atoms with Crippen LogP contribution in [0.25, 0.3) is 0 Å². The lowest BCUT2D eigenvalue weighted by atomic mass is 9.93. The molecule has 0 unspecified atom stereocenters. The Morgan fingerprint density at radius 3 is 3.00 bits per heavy atom. The summed E-state index contributed by atoms with van der Waals surface area (Å²) in [4.78, 5) is 15.8. The van der Waals surface area contributed by atoms with Crippen LogP contribution in [-0.4, -0.2) is 36.3 Å². The summed E-state index contributed by atoms with van der Waals surface area (Å²) in [5.41, 5.74) is 2.01. The van der Waals surface area contributed by atoms with E-state index in [0.29, 0.717) is 12.3 Å². The molecule has 0 bridgehead atoms. The van der Waals surface area contributed by atoms with Crippen molar-refractivity contribution in [1.82, 2.24) is 4.98 Å². The highest BCUT2D eigenvalue weighted by molar-refractivity contribution is 7.14. The molecule has 1 N–H and O–H groups in total. The van der Waals surface area contributed by atoms with Crippen LogP contribution in [-0.2, 0) is 9.47 Å². The summed E-state index contributed by atoms with van der Waals surface area (Å²) in [6.45, 7) is 5.79. The molecule has 2 rings (SSSR count). The number of nitrogens with zero attached hydrogens (tertiary/aromatic N) is 1. The highest BCUT2D eigenvalue weighted by Crippen LogP contribution is 2.30. The van der Waals surface area contributed by atoms with Crippen molar-refractivity contribution < 1.29 is 14.3 Å². The smallest absolute Gasteiger partial charge is 0.360 e. The molecule has 0 aromatic carbocycles. The summed E-state index contributed by atoms with van der Waals surface area (Å²) in [6, 6.07) is 0. The predicted molar refractivity (Wildman–Crippen MR) is 70.2 cm³/mol. The number of thiazole rings is 1. The summed E-state index contributed by atoms with van der Waals surface area (Å²) < 4.78 is 10.3. The van der Waals surface area contributed by atoms with Crippen LogP contribution in [0.4, 0.5) is 5.00 Å². The molecule has 0 atom stereocenters. The van der Waals surface area contributed by atoms with Gasteiger partial charge < -0.3 is 14.8 Å². The van der Waals surface area contributed by atoms with E-state index in [1.165, 1.54) is 11.3 Å². The molecular weight excluding hydrogens is 252 g/mol. The fourth-order valence-electron chi connectivity index (χ4n) is 1.90. The summed E-state index contributed by atoms with van der Waals surface area (Å²) >= 11 is 1.43. The zero-order chi connectivity index (χ0) is 13.0. The van der Waals surface area contributed by atoms with Gasteiger partial charge in [-0.25, -0.2) is 9.78 Å². The van der Waals surface area contributed by atoms with Crippen LogP contribution < -0.4 is 5.32 Å². The van der Waals surface area contributed by atoms with Gasteiger partial charge in [0.1, 0.15) is 5.00 Å². The molecule has 0 spiro atoms. The Balaban J connectivity index is 2.09. The van der Waals surface area contributed by atoms with Crippen molar-refractivity contribution in [3.63, 3.8) is 0 Å². The Morgan fingerprint density at radius 1 is 1.61 bits per heavy atom. The van der Waals surface area contributed by atoms with Crippen molar-refractivity contribution >= 4 is 22.3 Å². The highest BCUT2D eigenvalue weighted by atomic mass is 32.1. The molecule has 2 heterocycles. The van der Waals surface area contributed by atoms with Gasteiger partial charge in [-0.3, -0.25) is 0 Å². The number of hydrogen-bond acceptors (Lipinski definition) is 6. The Morgan fingerprint density at radius 2 is 2.33 bits per heavy atom. The molecule has 1 aromatic rings. The molecule has 0 amide bonds. The van der Waals surface area contributed by atoms with Gasteiger partial charge in [-0.1, -0.05) is 0 Å². The van der Waals surface area contributed by atoms with E-state index in [4.69, 9.17) is 9.47 Å². The van der Waals surface area contributed by atoms with E-state index in [2.05, 4.69) is 17.2 Å². The maximum atomic E-state index is 11.7. The lowest BCUT2D eigenvalue weighted by Gasteiger charge is -2.34. The van der Waals surface area contributed by atoms with Crippen molar-refractivity contribution in [1.29, 1.82) is 0 Å². The number of anilines is 1. The fourth-order valence-corrected chi connectivity index (χ4v) is 2.72. The first-order valence-electron chi connectivity index (χ1n) is 6.11. The number of nitrogens with one attached hydrogen (secondary N) is 1. The lowest BCUT2D eigenvalue weighted by molar-refractivity contribution is 0.0520. The van der Waals surface area contributed by atoms with Crippen molar-refractivity contribution in [3.05, 3.63) is 11.2 Å². The third-order valence-corrected chi connectivity index (χ3v) is 3.79. The molecule has 1 saturated heterocycles. The zero-order valence-corrected chi connectivity index (χ0v) is 11.5. The third kappa shape index (κ3) is 3.00. The first-order valence-corrected chi connectivity index (χ1v) is 6.99. The zero-order valence-electron chi connectivity index (χ0n) is 10.7. The molecule has 0 aliphatic carbocycles. The minimum atomic E-state index is -0.364. The Hall–Kier alpha value is -1.14. The van der Waals surface area contributed by atoms with Crippen molar-refractivity contribution in [2.45, 2.75) is 32.2 Å². The standard InChI is InChI=1S/C12H18N2O3S/c1-3-17-11(15)9-10(18-8-13-9)14-12(2)4-6-16-7-5-12/h8,14H,3-7H2,1-2H3. The highest BCUT2D eigenvalue weighted by Gasteiger charge is 2.29. The largest absolute Gasteiger partial charge is 0.461 e. The number of rotatable bonds is 4. The fraction of sp³-hybridized carbons (Fsp3) is 0.667. The van der Waals surface area contributed by atoms with E-state index < -0.39 is 0 Å². The predicted octanol–water partition coefficient (Wildman–Crippen LogP) is 2.30. The van der Waals surface area contributed by atoms with Crippen LogP contribution in [0.5, 0.6) is 0 Å². The molecule has 1 aromatic heterocycles. The van der Waals surface area contributed by atoms with Crippen LogP contribution in [0.2, 0.25) is 0 Å². The SMILES string of the molecule is CCOC(=O)c1ncsc1NC1(C)CCOCC1. The molecule has 5 nitrogen and oxygen atoms in total. The van der Waals surface area contributed by atoms with E-state index in [9.17, 15) is 4.79 Å². The van der Waals surface area contributed by atoms with E-state index in [1.54, 1.807) is 12.4 Å². The molecular formula is C12H18N2O3S. The van der Waals surface area contributed by atoms with E-state index in [0.717, 1.165) is 31.1 Å². The minimum Gasteiger partial charge on any atom is -0.461 e. The average Bonchev–Trinajstić information content (AvgIpc) is 2.77. The molecule has 18 heavy (non-hydrogen) atoms. The maximum Gasteiger partial charge on any atom is 0.360 e. The summed E-state index contributed by atoms with van der Waals surface area (Å²) in [5, 5.41) is 4.21. The lowest BCUT2D eigenvalue weighted by Crippen LogP contribution is -2.40. The van der Waals surface area contributed by atoms with Crippen LogP contribution in [0.15, 0.2) is 5.51 Å². The number of esters is 1. The van der Waals surface area contributed by atoms with Gasteiger partial charge in [0, 0.05) is 18.8 Å². The third-order valence-electron chi connectivity index (χ3n) is 3.05. The number of carbonyl (C=O) groups excluding carboxylic acids is 1. The van der Waals surface area contributed by atoms with Gasteiger partial charge in [-0.2, -0.15) is 0 Å². The number of aromatic nitrogens is 1. The summed E-state index contributed by atoms with van der Waals surface area (Å²) in [6.07, 6.45) is 1.85. The topological polar surface area (TPSA) is 60.5 Å². The van der Waals surface area contributed by atoms with Crippen molar-refractivity contribution in [2.75, 3.05) is 25.1 Å². The molecule has 1 fully saturated rings. The quantitative estimate of drug-likeness (QED) is 0.851. The average molecular weight is 270 g/mol. The Bertz CT molecular complexity index is 413. The molecule has 1 aliphatic rings. The van der Waals surface area contributed by atoms with Gasteiger partial charge in [0.15, 0.2) is 5.69 Å². The molecule has 0 saturated carbocycles. The van der Waals surface area contributed by atoms with Gasteiger partial charge in [-0.15, -0.1) is 11.3 Å². The molecule has 0 radical (unpaired) electrons. The van der Waals surface area contributed by atoms with E-state index in [1.807, 2.05) is 0 Å². The van der Waals surface area contributed by atoms with Gasteiger partial charge >= 0.3 is 5.97 Å². The second kappa shape index (κ2) is 5.67. The van der Waals surface area contributed by atoms with Crippen molar-refractivity contribution in [2.24, 2.45) is 0 Å². The van der Waals surface area contributed by atoms with Crippen molar-refractivity contribution in [3.8, 4) is 0 Å². The molecule has 6 heteroatoms. The second-order valence-corrected chi connectivity index (χ2v) is 5.40.